The van der Waals surface area contributed by atoms with Crippen molar-refractivity contribution in [3.63, 3.8) is 0 Å². The fourth-order valence-electron chi connectivity index (χ4n) is 3.29. The van der Waals surface area contributed by atoms with E-state index in [-0.39, 0.29) is 5.41 Å². The average Bonchev–Trinajstić information content (AvgIpc) is 2.57. The molecule has 0 aromatic carbocycles. The summed E-state index contributed by atoms with van der Waals surface area (Å²) in [5.41, 5.74) is -0.212. The van der Waals surface area contributed by atoms with Gasteiger partial charge in [0.2, 0.25) is 0 Å². The van der Waals surface area contributed by atoms with Crippen molar-refractivity contribution in [2.75, 3.05) is 0 Å². The molecule has 0 bridgehead atoms. The molecule has 2 aliphatic carbocycles. The quantitative estimate of drug-likeness (QED) is 0.569. The van der Waals surface area contributed by atoms with E-state index in [9.17, 15) is 0 Å². The maximum Gasteiger partial charge on any atom is 0.0275 e. The van der Waals surface area contributed by atoms with E-state index in [0.29, 0.717) is 5.92 Å². The standard InChI is InChI=1S/C13H24/c1-13(2,3)9-10-7-11-5-4-6-12(11)8-10/h10-12H,4-9H2,1-3H3/i9D2. The Morgan fingerprint density at radius 2 is 1.69 bits per heavy atom. The molecule has 0 aliphatic heterocycles. The first-order valence-electron chi connectivity index (χ1n) is 6.82. The summed E-state index contributed by atoms with van der Waals surface area (Å²) < 4.78 is 16.6. The molecule has 76 valence electrons. The molecule has 2 unspecified atom stereocenters. The van der Waals surface area contributed by atoms with Crippen molar-refractivity contribution >= 4 is 0 Å². The van der Waals surface area contributed by atoms with Crippen LogP contribution in [0, 0.1) is 23.2 Å². The van der Waals surface area contributed by atoms with Gasteiger partial charge in [-0.3, -0.25) is 0 Å². The molecule has 0 aromatic heterocycles. The SMILES string of the molecule is [2H]C([2H])(C1CC2CCCC2C1)C(C)(C)C. The third-order valence-corrected chi connectivity index (χ3v) is 3.63. The first-order chi connectivity index (χ1) is 6.82. The molecular weight excluding hydrogens is 156 g/mol. The van der Waals surface area contributed by atoms with Crippen LogP contribution in [-0.4, -0.2) is 0 Å². The Kier molecular flexibility index (Phi) is 1.85. The van der Waals surface area contributed by atoms with Gasteiger partial charge in [0.1, 0.15) is 0 Å². The van der Waals surface area contributed by atoms with Crippen LogP contribution in [0.3, 0.4) is 0 Å². The third-order valence-electron chi connectivity index (χ3n) is 3.63. The fraction of sp³-hybridized carbons (Fsp3) is 1.00. The maximum absolute atomic E-state index is 8.32. The molecule has 0 heteroatoms. The molecule has 0 radical (unpaired) electrons. The zero-order chi connectivity index (χ0) is 11.3. The van der Waals surface area contributed by atoms with Crippen LogP contribution in [0.25, 0.3) is 0 Å². The molecule has 0 nitrogen and oxygen atoms in total. The van der Waals surface area contributed by atoms with E-state index >= 15 is 0 Å². The van der Waals surface area contributed by atoms with Crippen LogP contribution in [0.2, 0.25) is 0 Å². The zero-order valence-corrected chi connectivity index (χ0v) is 9.27. The zero-order valence-electron chi connectivity index (χ0n) is 11.3. The lowest BCUT2D eigenvalue weighted by Gasteiger charge is -2.23. The summed E-state index contributed by atoms with van der Waals surface area (Å²) in [6, 6.07) is 0. The van der Waals surface area contributed by atoms with Crippen molar-refractivity contribution in [2.45, 2.75) is 59.2 Å². The lowest BCUT2D eigenvalue weighted by atomic mass is 9.83. The lowest BCUT2D eigenvalue weighted by molar-refractivity contribution is 0.286. The Labute approximate surface area is 85.9 Å². The van der Waals surface area contributed by atoms with Gasteiger partial charge in [0.25, 0.3) is 0 Å². The lowest BCUT2D eigenvalue weighted by Crippen LogP contribution is -2.11. The second-order valence-electron chi connectivity index (χ2n) is 6.01. The van der Waals surface area contributed by atoms with Gasteiger partial charge in [0, 0.05) is 2.74 Å². The van der Waals surface area contributed by atoms with E-state index < -0.39 is 6.37 Å². The second kappa shape index (κ2) is 3.29. The molecule has 0 saturated heterocycles. The number of hydrogen-bond donors (Lipinski definition) is 0. The van der Waals surface area contributed by atoms with Gasteiger partial charge in [-0.25, -0.2) is 0 Å². The summed E-state index contributed by atoms with van der Waals surface area (Å²) in [6.45, 7) is 6.13. The van der Waals surface area contributed by atoms with Crippen LogP contribution in [0.5, 0.6) is 0 Å². The third kappa shape index (κ3) is 2.27. The summed E-state index contributed by atoms with van der Waals surface area (Å²) in [4.78, 5) is 0. The monoisotopic (exact) mass is 182 g/mol. The van der Waals surface area contributed by atoms with Gasteiger partial charge < -0.3 is 0 Å². The molecule has 0 spiro atoms. The Balaban J connectivity index is 2.07. The Bertz CT molecular complexity index is 227. The summed E-state index contributed by atoms with van der Waals surface area (Å²) in [6.07, 6.45) is 5.42. The molecule has 2 saturated carbocycles. The molecule has 0 heterocycles. The first-order valence-corrected chi connectivity index (χ1v) is 5.82. The number of rotatable bonds is 1. The summed E-state index contributed by atoms with van der Waals surface area (Å²) >= 11 is 0. The second-order valence-corrected chi connectivity index (χ2v) is 6.01. The minimum absolute atomic E-state index is 0.212. The van der Waals surface area contributed by atoms with Crippen LogP contribution in [0.4, 0.5) is 0 Å². The largest absolute Gasteiger partial charge is 0.0602 e. The highest BCUT2D eigenvalue weighted by molar-refractivity contribution is 4.89. The van der Waals surface area contributed by atoms with E-state index in [4.69, 9.17) is 2.74 Å². The highest BCUT2D eigenvalue weighted by Crippen LogP contribution is 2.49. The van der Waals surface area contributed by atoms with Crippen LogP contribution < -0.4 is 0 Å². The molecule has 2 fully saturated rings. The van der Waals surface area contributed by atoms with Crippen LogP contribution in [0.1, 0.15) is 62.0 Å². The van der Waals surface area contributed by atoms with E-state index in [0.717, 1.165) is 24.7 Å². The number of fused-ring (bicyclic) bond motifs is 1. The molecule has 13 heavy (non-hydrogen) atoms. The van der Waals surface area contributed by atoms with Gasteiger partial charge in [-0.05, 0) is 42.4 Å². The predicted molar refractivity (Wildman–Crippen MR) is 57.6 cm³/mol. The van der Waals surface area contributed by atoms with Crippen molar-refractivity contribution in [2.24, 2.45) is 23.2 Å². The van der Waals surface area contributed by atoms with Gasteiger partial charge >= 0.3 is 0 Å². The summed E-state index contributed by atoms with van der Waals surface area (Å²) in [5, 5.41) is 0. The van der Waals surface area contributed by atoms with E-state index in [1.807, 2.05) is 20.8 Å². The van der Waals surface area contributed by atoms with Gasteiger partial charge in [-0.15, -0.1) is 0 Å². The minimum Gasteiger partial charge on any atom is -0.0602 e. The topological polar surface area (TPSA) is 0 Å². The molecule has 0 N–H and O–H groups in total. The molecule has 0 amide bonds. The molecular formula is C13H24. The summed E-state index contributed by atoms with van der Waals surface area (Å²) in [5.74, 6) is 2.02. The van der Waals surface area contributed by atoms with E-state index in [1.165, 1.54) is 19.3 Å². The normalized spacial score (nSPS) is 42.8. The van der Waals surface area contributed by atoms with Crippen molar-refractivity contribution in [3.8, 4) is 0 Å². The van der Waals surface area contributed by atoms with E-state index in [1.54, 1.807) is 0 Å². The highest BCUT2D eigenvalue weighted by atomic mass is 14.4. The van der Waals surface area contributed by atoms with Gasteiger partial charge in [0.15, 0.2) is 0 Å². The highest BCUT2D eigenvalue weighted by Gasteiger charge is 2.38. The minimum atomic E-state index is -0.989. The molecule has 2 atom stereocenters. The van der Waals surface area contributed by atoms with Crippen molar-refractivity contribution in [1.82, 2.24) is 0 Å². The Morgan fingerprint density at radius 3 is 2.15 bits per heavy atom. The number of hydrogen-bond acceptors (Lipinski definition) is 0. The Hall–Kier alpha value is 0. The van der Waals surface area contributed by atoms with E-state index in [2.05, 4.69) is 0 Å². The Morgan fingerprint density at radius 1 is 1.15 bits per heavy atom. The predicted octanol–water partition coefficient (Wildman–Crippen LogP) is 4.25. The van der Waals surface area contributed by atoms with Gasteiger partial charge in [0.05, 0.1) is 0 Å². The van der Waals surface area contributed by atoms with Crippen LogP contribution in [-0.2, 0) is 0 Å². The van der Waals surface area contributed by atoms with Crippen molar-refractivity contribution in [1.29, 1.82) is 0 Å². The van der Waals surface area contributed by atoms with Crippen molar-refractivity contribution < 1.29 is 2.74 Å². The smallest absolute Gasteiger partial charge is 0.0275 e. The van der Waals surface area contributed by atoms with Gasteiger partial charge in [-0.1, -0.05) is 40.0 Å². The average molecular weight is 182 g/mol. The fourth-order valence-corrected chi connectivity index (χ4v) is 3.29. The van der Waals surface area contributed by atoms with Crippen LogP contribution in [0.15, 0.2) is 0 Å². The molecule has 2 rings (SSSR count). The molecule has 0 aromatic rings. The van der Waals surface area contributed by atoms with Crippen LogP contribution >= 0.6 is 0 Å². The first kappa shape index (κ1) is 7.31. The van der Waals surface area contributed by atoms with Crippen molar-refractivity contribution in [3.05, 3.63) is 0 Å². The summed E-state index contributed by atoms with van der Waals surface area (Å²) in [7, 11) is 0. The maximum atomic E-state index is 8.32. The molecule has 2 aliphatic rings. The van der Waals surface area contributed by atoms with Gasteiger partial charge in [-0.2, -0.15) is 0 Å².